The highest BCUT2D eigenvalue weighted by Crippen LogP contribution is 2.32. The Labute approximate surface area is 121 Å². The van der Waals surface area contributed by atoms with Crippen molar-refractivity contribution in [2.45, 2.75) is 45.6 Å². The lowest BCUT2D eigenvalue weighted by atomic mass is 9.77. The fraction of sp³-hybridized carbons (Fsp3) is 0.600. The van der Waals surface area contributed by atoms with Crippen molar-refractivity contribution in [3.05, 3.63) is 24.0 Å². The van der Waals surface area contributed by atoms with Crippen molar-refractivity contribution in [1.82, 2.24) is 4.98 Å². The summed E-state index contributed by atoms with van der Waals surface area (Å²) in [6.45, 7) is 4.62. The van der Waals surface area contributed by atoms with Crippen molar-refractivity contribution in [3.8, 4) is 0 Å². The van der Waals surface area contributed by atoms with Gasteiger partial charge in [0.1, 0.15) is 4.99 Å². The summed E-state index contributed by atoms with van der Waals surface area (Å²) in [6, 6.07) is 2.39. The third-order valence-corrected chi connectivity index (χ3v) is 4.32. The zero-order valence-electron chi connectivity index (χ0n) is 11.7. The molecule has 1 saturated carbocycles. The molecule has 4 heteroatoms. The molecule has 19 heavy (non-hydrogen) atoms. The van der Waals surface area contributed by atoms with E-state index >= 15 is 0 Å². The molecule has 1 aromatic heterocycles. The van der Waals surface area contributed by atoms with Gasteiger partial charge in [0.05, 0.1) is 11.9 Å². The summed E-state index contributed by atoms with van der Waals surface area (Å²) < 4.78 is 0. The fourth-order valence-corrected chi connectivity index (χ4v) is 3.24. The number of rotatable bonds is 4. The molecule has 1 heterocycles. The Hall–Kier alpha value is -1.16. The molecule has 1 aliphatic carbocycles. The smallest absolute Gasteiger partial charge is 0.106 e. The van der Waals surface area contributed by atoms with E-state index in [1.54, 1.807) is 6.20 Å². The first kappa shape index (κ1) is 14.3. The average molecular weight is 277 g/mol. The SMILES string of the molecule is CC(C)C1CCCCC1Nc1cnccc1C(N)=S. The predicted octanol–water partition coefficient (Wildman–Crippen LogP) is 3.34. The van der Waals surface area contributed by atoms with Crippen molar-refractivity contribution in [2.75, 3.05) is 5.32 Å². The standard InChI is InChI=1S/C15H23N3S/c1-10(2)11-5-3-4-6-13(11)18-14-9-17-8-7-12(14)15(16)19/h7-11,13,18H,3-6H2,1-2H3,(H2,16,19). The Morgan fingerprint density at radius 1 is 1.42 bits per heavy atom. The maximum Gasteiger partial charge on any atom is 0.106 e. The van der Waals surface area contributed by atoms with E-state index in [9.17, 15) is 0 Å². The quantitative estimate of drug-likeness (QED) is 0.829. The molecular weight excluding hydrogens is 254 g/mol. The Morgan fingerprint density at radius 2 is 2.16 bits per heavy atom. The molecule has 0 bridgehead atoms. The van der Waals surface area contributed by atoms with E-state index in [-0.39, 0.29) is 0 Å². The van der Waals surface area contributed by atoms with Crippen LogP contribution in [-0.2, 0) is 0 Å². The van der Waals surface area contributed by atoms with Gasteiger partial charge in [-0.1, -0.05) is 38.9 Å². The summed E-state index contributed by atoms with van der Waals surface area (Å²) in [5.74, 6) is 1.41. The van der Waals surface area contributed by atoms with Gasteiger partial charge in [-0.25, -0.2) is 0 Å². The van der Waals surface area contributed by atoms with Crippen LogP contribution in [0.3, 0.4) is 0 Å². The van der Waals surface area contributed by atoms with Gasteiger partial charge in [0.2, 0.25) is 0 Å². The van der Waals surface area contributed by atoms with E-state index in [1.165, 1.54) is 25.7 Å². The van der Waals surface area contributed by atoms with Gasteiger partial charge in [-0.05, 0) is 30.7 Å². The van der Waals surface area contributed by atoms with Crippen LogP contribution < -0.4 is 11.1 Å². The Bertz CT molecular complexity index is 445. The van der Waals surface area contributed by atoms with Crippen LogP contribution in [0.2, 0.25) is 0 Å². The summed E-state index contributed by atoms with van der Waals surface area (Å²) >= 11 is 5.11. The molecule has 104 valence electrons. The molecule has 2 atom stereocenters. The zero-order valence-corrected chi connectivity index (χ0v) is 12.5. The largest absolute Gasteiger partial charge is 0.389 e. The minimum Gasteiger partial charge on any atom is -0.389 e. The molecule has 3 nitrogen and oxygen atoms in total. The van der Waals surface area contributed by atoms with Crippen LogP contribution in [0.25, 0.3) is 0 Å². The summed E-state index contributed by atoms with van der Waals surface area (Å²) in [6.07, 6.45) is 8.73. The molecular formula is C15H23N3S. The third kappa shape index (κ3) is 3.44. The molecule has 1 aromatic rings. The molecule has 1 fully saturated rings. The highest BCUT2D eigenvalue weighted by atomic mass is 32.1. The minimum absolute atomic E-state index is 0.432. The second-order valence-electron chi connectivity index (χ2n) is 5.73. The van der Waals surface area contributed by atoms with E-state index in [4.69, 9.17) is 18.0 Å². The lowest BCUT2D eigenvalue weighted by Crippen LogP contribution is -2.35. The van der Waals surface area contributed by atoms with Crippen molar-refractivity contribution in [2.24, 2.45) is 17.6 Å². The topological polar surface area (TPSA) is 50.9 Å². The maximum atomic E-state index is 5.78. The van der Waals surface area contributed by atoms with Crippen LogP contribution in [0.5, 0.6) is 0 Å². The number of thiocarbonyl (C=S) groups is 1. The van der Waals surface area contributed by atoms with Gasteiger partial charge >= 0.3 is 0 Å². The Balaban J connectivity index is 2.17. The first-order chi connectivity index (χ1) is 9.09. The third-order valence-electron chi connectivity index (χ3n) is 4.10. The van der Waals surface area contributed by atoms with Crippen LogP contribution in [0.1, 0.15) is 45.1 Å². The highest BCUT2D eigenvalue weighted by molar-refractivity contribution is 7.80. The number of hydrogen-bond acceptors (Lipinski definition) is 3. The summed E-state index contributed by atoms with van der Waals surface area (Å²) in [5, 5.41) is 3.63. The number of hydrogen-bond donors (Lipinski definition) is 2. The summed E-state index contributed by atoms with van der Waals surface area (Å²) in [7, 11) is 0. The molecule has 0 saturated heterocycles. The summed E-state index contributed by atoms with van der Waals surface area (Å²) in [5.41, 5.74) is 7.66. The predicted molar refractivity (Wildman–Crippen MR) is 84.3 cm³/mol. The van der Waals surface area contributed by atoms with Crippen LogP contribution >= 0.6 is 12.2 Å². The molecule has 3 N–H and O–H groups in total. The molecule has 1 aliphatic rings. The van der Waals surface area contributed by atoms with Crippen LogP contribution in [0.15, 0.2) is 18.5 Å². The monoisotopic (exact) mass is 277 g/mol. The molecule has 0 amide bonds. The van der Waals surface area contributed by atoms with Gasteiger partial charge < -0.3 is 11.1 Å². The van der Waals surface area contributed by atoms with E-state index in [1.807, 2.05) is 12.3 Å². The molecule has 2 rings (SSSR count). The van der Waals surface area contributed by atoms with Gasteiger partial charge in [-0.15, -0.1) is 0 Å². The Morgan fingerprint density at radius 3 is 2.84 bits per heavy atom. The van der Waals surface area contributed by atoms with E-state index in [2.05, 4.69) is 24.1 Å². The van der Waals surface area contributed by atoms with Gasteiger partial charge in [-0.2, -0.15) is 0 Å². The number of aromatic nitrogens is 1. The minimum atomic E-state index is 0.432. The number of nitrogens with zero attached hydrogens (tertiary/aromatic N) is 1. The second kappa shape index (κ2) is 6.33. The van der Waals surface area contributed by atoms with Crippen molar-refractivity contribution < 1.29 is 0 Å². The normalized spacial score (nSPS) is 23.3. The summed E-state index contributed by atoms with van der Waals surface area (Å²) in [4.78, 5) is 4.62. The van der Waals surface area contributed by atoms with Crippen molar-refractivity contribution >= 4 is 22.9 Å². The van der Waals surface area contributed by atoms with Crippen molar-refractivity contribution in [3.63, 3.8) is 0 Å². The van der Waals surface area contributed by atoms with Gasteiger partial charge in [0, 0.05) is 17.8 Å². The average Bonchev–Trinajstić information content (AvgIpc) is 2.39. The molecule has 2 unspecified atom stereocenters. The van der Waals surface area contributed by atoms with Gasteiger partial charge in [0.25, 0.3) is 0 Å². The number of anilines is 1. The van der Waals surface area contributed by atoms with E-state index in [0.29, 0.717) is 22.9 Å². The molecule has 0 aliphatic heterocycles. The first-order valence-corrected chi connectivity index (χ1v) is 7.50. The first-order valence-electron chi connectivity index (χ1n) is 7.10. The lowest BCUT2D eigenvalue weighted by Gasteiger charge is -2.35. The van der Waals surface area contributed by atoms with Gasteiger partial charge in [0.15, 0.2) is 0 Å². The number of nitrogens with two attached hydrogens (primary N) is 1. The maximum absolute atomic E-state index is 5.78. The van der Waals surface area contributed by atoms with Crippen LogP contribution in [0.4, 0.5) is 5.69 Å². The fourth-order valence-electron chi connectivity index (χ4n) is 3.06. The van der Waals surface area contributed by atoms with Crippen molar-refractivity contribution in [1.29, 1.82) is 0 Å². The molecule has 0 spiro atoms. The van der Waals surface area contributed by atoms with E-state index in [0.717, 1.165) is 11.3 Å². The number of nitrogens with one attached hydrogen (secondary N) is 1. The molecule has 0 aromatic carbocycles. The highest BCUT2D eigenvalue weighted by Gasteiger charge is 2.27. The van der Waals surface area contributed by atoms with Crippen LogP contribution in [0, 0.1) is 11.8 Å². The van der Waals surface area contributed by atoms with Gasteiger partial charge in [-0.3, -0.25) is 4.98 Å². The number of pyridine rings is 1. The zero-order chi connectivity index (χ0) is 13.8. The Kier molecular flexibility index (Phi) is 4.75. The molecule has 0 radical (unpaired) electrons. The second-order valence-corrected chi connectivity index (χ2v) is 6.17. The van der Waals surface area contributed by atoms with E-state index < -0.39 is 0 Å². The lowest BCUT2D eigenvalue weighted by molar-refractivity contribution is 0.254. The van der Waals surface area contributed by atoms with Crippen LogP contribution in [-0.4, -0.2) is 16.0 Å².